The smallest absolute Gasteiger partial charge is 0.185 e. The number of rotatable bonds is 4. The summed E-state index contributed by atoms with van der Waals surface area (Å²) < 4.78 is 0. The summed E-state index contributed by atoms with van der Waals surface area (Å²) in [6, 6.07) is 4.66. The number of aliphatic hydroxyl groups excluding tert-OH is 2. The maximum atomic E-state index is 10.7. The first-order valence-corrected chi connectivity index (χ1v) is 6.32. The van der Waals surface area contributed by atoms with Crippen LogP contribution in [0.25, 0.3) is 0 Å². The van der Waals surface area contributed by atoms with E-state index in [1.54, 1.807) is 12.1 Å². The average molecular weight is 276 g/mol. The first-order valence-electron chi connectivity index (χ1n) is 4.96. The van der Waals surface area contributed by atoms with E-state index < -0.39 is 12.2 Å². The molecule has 0 fully saturated rings. The number of nitrogen functional groups attached to an aromatic ring is 1. The Bertz CT molecular complexity index is 414. The van der Waals surface area contributed by atoms with Gasteiger partial charge in [-0.3, -0.25) is 4.79 Å². The number of thioether (sulfide) groups is 1. The van der Waals surface area contributed by atoms with E-state index in [0.717, 1.165) is 11.8 Å². The van der Waals surface area contributed by atoms with Crippen molar-refractivity contribution in [3.05, 3.63) is 28.8 Å². The molecule has 17 heavy (non-hydrogen) atoms. The van der Waals surface area contributed by atoms with Crippen LogP contribution in [0.4, 0.5) is 5.69 Å². The van der Waals surface area contributed by atoms with Crippen LogP contribution in [0.5, 0.6) is 0 Å². The number of benzene rings is 1. The highest BCUT2D eigenvalue weighted by Gasteiger charge is 2.21. The Morgan fingerprint density at radius 3 is 2.71 bits per heavy atom. The molecule has 0 aliphatic rings. The van der Waals surface area contributed by atoms with Gasteiger partial charge in [0.25, 0.3) is 0 Å². The zero-order valence-electron chi connectivity index (χ0n) is 9.26. The normalized spacial score (nSPS) is 14.4. The Morgan fingerprint density at radius 1 is 1.53 bits per heavy atom. The van der Waals surface area contributed by atoms with Crippen LogP contribution in [-0.2, 0) is 4.79 Å². The molecule has 6 heteroatoms. The third-order valence-corrected chi connectivity index (χ3v) is 3.41. The maximum Gasteiger partial charge on any atom is 0.185 e. The minimum absolute atomic E-state index is 0.111. The summed E-state index contributed by atoms with van der Waals surface area (Å²) in [5.41, 5.74) is 6.41. The molecule has 1 rings (SSSR count). The summed E-state index contributed by atoms with van der Waals surface area (Å²) in [7, 11) is 0. The van der Waals surface area contributed by atoms with Crippen molar-refractivity contribution in [2.24, 2.45) is 0 Å². The van der Waals surface area contributed by atoms with Crippen molar-refractivity contribution in [2.45, 2.75) is 19.1 Å². The first-order chi connectivity index (χ1) is 7.91. The van der Waals surface area contributed by atoms with E-state index in [1.807, 2.05) is 0 Å². The van der Waals surface area contributed by atoms with Crippen LogP contribution in [0, 0.1) is 0 Å². The fraction of sp³-hybridized carbons (Fsp3) is 0.364. The van der Waals surface area contributed by atoms with Crippen LogP contribution in [0.3, 0.4) is 0 Å². The predicted octanol–water partition coefficient (Wildman–Crippen LogP) is 1.60. The molecule has 0 amide bonds. The second-order valence-electron chi connectivity index (χ2n) is 3.60. The molecule has 1 aromatic rings. The van der Waals surface area contributed by atoms with Crippen molar-refractivity contribution >= 4 is 34.2 Å². The topological polar surface area (TPSA) is 83.5 Å². The van der Waals surface area contributed by atoms with Gasteiger partial charge in [-0.15, -0.1) is 0 Å². The molecule has 0 radical (unpaired) electrons. The van der Waals surface area contributed by atoms with Gasteiger partial charge in [-0.25, -0.2) is 0 Å². The van der Waals surface area contributed by atoms with Crippen LogP contribution in [0.1, 0.15) is 18.6 Å². The minimum Gasteiger partial charge on any atom is -0.399 e. The number of carbonyl (C=O) groups is 1. The number of aliphatic hydroxyl groups is 2. The Morgan fingerprint density at radius 2 is 2.18 bits per heavy atom. The predicted molar refractivity (Wildman–Crippen MR) is 70.0 cm³/mol. The van der Waals surface area contributed by atoms with Gasteiger partial charge in [0, 0.05) is 29.0 Å². The number of hydrogen-bond acceptors (Lipinski definition) is 5. The second-order valence-corrected chi connectivity index (χ2v) is 5.20. The molecule has 0 heterocycles. The summed E-state index contributed by atoms with van der Waals surface area (Å²) in [5.74, 6) is 0.122. The highest BCUT2D eigenvalue weighted by molar-refractivity contribution is 8.13. The zero-order chi connectivity index (χ0) is 13.0. The lowest BCUT2D eigenvalue weighted by atomic mass is 10.1. The molecule has 2 unspecified atom stereocenters. The molecule has 0 saturated carbocycles. The van der Waals surface area contributed by atoms with Crippen LogP contribution in [0.2, 0.25) is 5.02 Å². The molecule has 1 aromatic carbocycles. The summed E-state index contributed by atoms with van der Waals surface area (Å²) in [5, 5.41) is 19.8. The van der Waals surface area contributed by atoms with Gasteiger partial charge < -0.3 is 15.9 Å². The third kappa shape index (κ3) is 4.20. The van der Waals surface area contributed by atoms with E-state index in [1.165, 1.54) is 13.0 Å². The van der Waals surface area contributed by atoms with Crippen molar-refractivity contribution in [3.63, 3.8) is 0 Å². The Labute approximate surface area is 109 Å². The molecule has 2 atom stereocenters. The SMILES string of the molecule is CC(=O)SCC(O)C(O)c1ccc(N)cc1Cl. The molecule has 0 spiro atoms. The van der Waals surface area contributed by atoms with E-state index in [4.69, 9.17) is 17.3 Å². The summed E-state index contributed by atoms with van der Waals surface area (Å²) >= 11 is 6.86. The van der Waals surface area contributed by atoms with Crippen LogP contribution < -0.4 is 5.73 Å². The summed E-state index contributed by atoms with van der Waals surface area (Å²) in [6.07, 6.45) is -2.18. The van der Waals surface area contributed by atoms with E-state index in [-0.39, 0.29) is 10.9 Å². The lowest BCUT2D eigenvalue weighted by Crippen LogP contribution is -2.21. The lowest BCUT2D eigenvalue weighted by Gasteiger charge is -2.18. The number of hydrogen-bond donors (Lipinski definition) is 3. The van der Waals surface area contributed by atoms with Gasteiger partial charge in [-0.1, -0.05) is 29.4 Å². The molecule has 0 aliphatic heterocycles. The summed E-state index contributed by atoms with van der Waals surface area (Å²) in [6.45, 7) is 1.40. The van der Waals surface area contributed by atoms with E-state index in [2.05, 4.69) is 0 Å². The van der Waals surface area contributed by atoms with Crippen molar-refractivity contribution in [1.29, 1.82) is 0 Å². The Kier molecular flexibility index (Phi) is 5.27. The number of carbonyl (C=O) groups excluding carboxylic acids is 1. The van der Waals surface area contributed by atoms with Gasteiger partial charge >= 0.3 is 0 Å². The largest absolute Gasteiger partial charge is 0.399 e. The van der Waals surface area contributed by atoms with Crippen LogP contribution >= 0.6 is 23.4 Å². The minimum atomic E-state index is -1.13. The van der Waals surface area contributed by atoms with E-state index in [0.29, 0.717) is 16.3 Å². The maximum absolute atomic E-state index is 10.7. The van der Waals surface area contributed by atoms with Gasteiger partial charge in [0.1, 0.15) is 6.10 Å². The Balaban J connectivity index is 2.74. The number of anilines is 1. The van der Waals surface area contributed by atoms with Crippen molar-refractivity contribution in [2.75, 3.05) is 11.5 Å². The zero-order valence-corrected chi connectivity index (χ0v) is 10.8. The van der Waals surface area contributed by atoms with E-state index >= 15 is 0 Å². The summed E-state index contributed by atoms with van der Waals surface area (Å²) in [4.78, 5) is 10.7. The van der Waals surface area contributed by atoms with Crippen molar-refractivity contribution in [1.82, 2.24) is 0 Å². The van der Waals surface area contributed by atoms with Gasteiger partial charge in [0.05, 0.1) is 6.10 Å². The molecule has 94 valence electrons. The van der Waals surface area contributed by atoms with Gasteiger partial charge in [0.2, 0.25) is 0 Å². The van der Waals surface area contributed by atoms with Gasteiger partial charge in [-0.2, -0.15) is 0 Å². The third-order valence-electron chi connectivity index (χ3n) is 2.16. The Hall–Kier alpha value is -0.750. The molecule has 0 aromatic heterocycles. The number of halogens is 1. The first kappa shape index (κ1) is 14.3. The molecule has 0 saturated heterocycles. The standard InChI is InChI=1S/C11H14ClNO3S/c1-6(14)17-5-10(15)11(16)8-3-2-7(13)4-9(8)12/h2-4,10-11,15-16H,5,13H2,1H3. The number of nitrogens with two attached hydrogens (primary N) is 1. The fourth-order valence-corrected chi connectivity index (χ4v) is 2.17. The van der Waals surface area contributed by atoms with Crippen LogP contribution in [0.15, 0.2) is 18.2 Å². The van der Waals surface area contributed by atoms with Crippen LogP contribution in [-0.4, -0.2) is 27.2 Å². The van der Waals surface area contributed by atoms with Gasteiger partial charge in [0.15, 0.2) is 5.12 Å². The molecule has 0 bridgehead atoms. The fourth-order valence-electron chi connectivity index (χ4n) is 1.28. The van der Waals surface area contributed by atoms with E-state index in [9.17, 15) is 15.0 Å². The van der Waals surface area contributed by atoms with Crippen molar-refractivity contribution in [3.8, 4) is 0 Å². The molecule has 4 N–H and O–H groups in total. The molecular weight excluding hydrogens is 262 g/mol. The highest BCUT2D eigenvalue weighted by Crippen LogP contribution is 2.28. The quantitative estimate of drug-likeness (QED) is 0.727. The average Bonchev–Trinajstić information content (AvgIpc) is 2.25. The lowest BCUT2D eigenvalue weighted by molar-refractivity contribution is -0.109. The monoisotopic (exact) mass is 275 g/mol. The van der Waals surface area contributed by atoms with Crippen molar-refractivity contribution < 1.29 is 15.0 Å². The highest BCUT2D eigenvalue weighted by atomic mass is 35.5. The second kappa shape index (κ2) is 6.26. The molecule has 4 nitrogen and oxygen atoms in total. The van der Waals surface area contributed by atoms with Gasteiger partial charge in [-0.05, 0) is 12.1 Å². The molecular formula is C11H14ClNO3S. The molecule has 0 aliphatic carbocycles.